The summed E-state index contributed by atoms with van der Waals surface area (Å²) in [5.74, 6) is 0. The molecule has 1 aliphatic carbocycles. The zero-order valence-corrected chi connectivity index (χ0v) is 10.1. The van der Waals surface area contributed by atoms with E-state index in [1.807, 2.05) is 30.5 Å². The van der Waals surface area contributed by atoms with E-state index in [1.54, 1.807) is 4.68 Å². The van der Waals surface area contributed by atoms with Crippen LogP contribution in [-0.4, -0.2) is 21.0 Å². The van der Waals surface area contributed by atoms with Crippen LogP contribution in [-0.2, 0) is 6.54 Å². The monoisotopic (exact) mass is 248 g/mol. The fourth-order valence-electron chi connectivity index (χ4n) is 1.67. The van der Waals surface area contributed by atoms with Gasteiger partial charge in [0.1, 0.15) is 0 Å². The van der Waals surface area contributed by atoms with E-state index in [4.69, 9.17) is 11.6 Å². The topological polar surface area (TPSA) is 42.7 Å². The average molecular weight is 249 g/mol. The second-order valence-corrected chi connectivity index (χ2v) is 4.67. The number of halogens is 1. The molecular formula is C12H13ClN4. The molecule has 17 heavy (non-hydrogen) atoms. The zero-order chi connectivity index (χ0) is 11.7. The maximum absolute atomic E-state index is 6.10. The Balaban J connectivity index is 1.77. The molecule has 3 rings (SSSR count). The molecule has 2 aromatic rings. The maximum atomic E-state index is 6.10. The molecule has 0 unspecified atom stereocenters. The Morgan fingerprint density at radius 2 is 2.18 bits per heavy atom. The second kappa shape index (κ2) is 4.47. The molecular weight excluding hydrogens is 236 g/mol. The van der Waals surface area contributed by atoms with Crippen LogP contribution in [0.2, 0.25) is 5.02 Å². The lowest BCUT2D eigenvalue weighted by Gasteiger charge is -2.01. The third-order valence-electron chi connectivity index (χ3n) is 2.79. The first-order valence-corrected chi connectivity index (χ1v) is 6.10. The summed E-state index contributed by atoms with van der Waals surface area (Å²) in [6, 6.07) is 8.29. The molecule has 0 spiro atoms. The van der Waals surface area contributed by atoms with Crippen LogP contribution >= 0.6 is 11.6 Å². The summed E-state index contributed by atoms with van der Waals surface area (Å²) in [6.45, 7) is 0.773. The van der Waals surface area contributed by atoms with E-state index in [1.165, 1.54) is 12.8 Å². The van der Waals surface area contributed by atoms with Crippen molar-refractivity contribution in [1.82, 2.24) is 20.3 Å². The van der Waals surface area contributed by atoms with E-state index in [2.05, 4.69) is 15.6 Å². The minimum Gasteiger partial charge on any atom is -0.308 e. The summed E-state index contributed by atoms with van der Waals surface area (Å²) in [5.41, 5.74) is 1.80. The van der Waals surface area contributed by atoms with Crippen molar-refractivity contribution in [1.29, 1.82) is 0 Å². The SMILES string of the molecule is Clc1ccccc1-n1cc(CNC2CC2)nn1. The van der Waals surface area contributed by atoms with Crippen molar-refractivity contribution < 1.29 is 0 Å². The van der Waals surface area contributed by atoms with Crippen LogP contribution in [0, 0.1) is 0 Å². The second-order valence-electron chi connectivity index (χ2n) is 4.26. The van der Waals surface area contributed by atoms with Crippen LogP contribution in [0.25, 0.3) is 5.69 Å². The van der Waals surface area contributed by atoms with Gasteiger partial charge in [0.25, 0.3) is 0 Å². The lowest BCUT2D eigenvalue weighted by atomic mass is 10.3. The number of aromatic nitrogens is 3. The number of rotatable bonds is 4. The fourth-order valence-corrected chi connectivity index (χ4v) is 1.89. The molecule has 1 fully saturated rings. The first kappa shape index (κ1) is 10.7. The number of para-hydroxylation sites is 1. The Morgan fingerprint density at radius 3 is 2.94 bits per heavy atom. The highest BCUT2D eigenvalue weighted by Crippen LogP contribution is 2.20. The van der Waals surface area contributed by atoms with Crippen molar-refractivity contribution in [2.24, 2.45) is 0 Å². The lowest BCUT2D eigenvalue weighted by Crippen LogP contribution is -2.15. The van der Waals surface area contributed by atoms with Crippen molar-refractivity contribution in [2.75, 3.05) is 0 Å². The molecule has 0 aliphatic heterocycles. The van der Waals surface area contributed by atoms with Gasteiger partial charge in [-0.25, -0.2) is 4.68 Å². The van der Waals surface area contributed by atoms with Crippen molar-refractivity contribution in [2.45, 2.75) is 25.4 Å². The molecule has 0 radical (unpaired) electrons. The Labute approximate surface area is 105 Å². The molecule has 1 aromatic heterocycles. The van der Waals surface area contributed by atoms with Gasteiger partial charge in [-0.2, -0.15) is 0 Å². The summed E-state index contributed by atoms with van der Waals surface area (Å²) in [4.78, 5) is 0. The van der Waals surface area contributed by atoms with Crippen LogP contribution in [0.15, 0.2) is 30.5 Å². The van der Waals surface area contributed by atoms with Gasteiger partial charge in [-0.3, -0.25) is 0 Å². The molecule has 4 nitrogen and oxygen atoms in total. The van der Waals surface area contributed by atoms with Crippen molar-refractivity contribution in [3.8, 4) is 5.69 Å². The Bertz CT molecular complexity index is 519. The van der Waals surface area contributed by atoms with Crippen LogP contribution in [0.1, 0.15) is 18.5 Å². The average Bonchev–Trinajstić information content (AvgIpc) is 3.06. The standard InChI is InChI=1S/C12H13ClN4/c13-11-3-1-2-4-12(11)17-8-10(15-16-17)7-14-9-5-6-9/h1-4,8-9,14H,5-7H2. The van der Waals surface area contributed by atoms with Gasteiger partial charge in [0.15, 0.2) is 0 Å². The van der Waals surface area contributed by atoms with Crippen molar-refractivity contribution >= 4 is 11.6 Å². The van der Waals surface area contributed by atoms with E-state index in [9.17, 15) is 0 Å². The summed E-state index contributed by atoms with van der Waals surface area (Å²) in [6.07, 6.45) is 4.47. The molecule has 0 bridgehead atoms. The number of nitrogens with zero attached hydrogens (tertiary/aromatic N) is 3. The third kappa shape index (κ3) is 2.48. The van der Waals surface area contributed by atoms with E-state index >= 15 is 0 Å². The molecule has 1 heterocycles. The van der Waals surface area contributed by atoms with Crippen molar-refractivity contribution in [3.05, 3.63) is 41.2 Å². The fraction of sp³-hybridized carbons (Fsp3) is 0.333. The van der Waals surface area contributed by atoms with E-state index in [0.29, 0.717) is 11.1 Å². The highest BCUT2D eigenvalue weighted by Gasteiger charge is 2.20. The highest BCUT2D eigenvalue weighted by atomic mass is 35.5. The van der Waals surface area contributed by atoms with Crippen LogP contribution in [0.3, 0.4) is 0 Å². The maximum Gasteiger partial charge on any atom is 0.0969 e. The van der Waals surface area contributed by atoms with Gasteiger partial charge in [-0.15, -0.1) is 5.10 Å². The lowest BCUT2D eigenvalue weighted by molar-refractivity contribution is 0.671. The third-order valence-corrected chi connectivity index (χ3v) is 3.11. The van der Waals surface area contributed by atoms with Gasteiger partial charge < -0.3 is 5.32 Å². The first-order valence-electron chi connectivity index (χ1n) is 5.72. The van der Waals surface area contributed by atoms with Gasteiger partial charge in [0.2, 0.25) is 0 Å². The van der Waals surface area contributed by atoms with E-state index < -0.39 is 0 Å². The molecule has 1 aromatic carbocycles. The number of hydrogen-bond acceptors (Lipinski definition) is 3. The van der Waals surface area contributed by atoms with Gasteiger partial charge in [-0.05, 0) is 25.0 Å². The van der Waals surface area contributed by atoms with E-state index in [-0.39, 0.29) is 0 Å². The Morgan fingerprint density at radius 1 is 1.35 bits per heavy atom. The largest absolute Gasteiger partial charge is 0.308 e. The molecule has 88 valence electrons. The van der Waals surface area contributed by atoms with Crippen molar-refractivity contribution in [3.63, 3.8) is 0 Å². The van der Waals surface area contributed by atoms with Crippen LogP contribution in [0.4, 0.5) is 0 Å². The smallest absolute Gasteiger partial charge is 0.0969 e. The minimum atomic E-state index is 0.680. The summed E-state index contributed by atoms with van der Waals surface area (Å²) in [5, 5.41) is 12.3. The zero-order valence-electron chi connectivity index (χ0n) is 9.31. The molecule has 5 heteroatoms. The first-order chi connectivity index (χ1) is 8.33. The Hall–Kier alpha value is -1.39. The molecule has 0 saturated heterocycles. The summed E-state index contributed by atoms with van der Waals surface area (Å²) in [7, 11) is 0. The number of benzene rings is 1. The van der Waals surface area contributed by atoms with Gasteiger partial charge in [-0.1, -0.05) is 28.9 Å². The minimum absolute atomic E-state index is 0.680. The predicted octanol–water partition coefficient (Wildman–Crippen LogP) is 2.17. The summed E-state index contributed by atoms with van der Waals surface area (Å²) < 4.78 is 1.71. The van der Waals surface area contributed by atoms with Crippen LogP contribution < -0.4 is 5.32 Å². The summed E-state index contributed by atoms with van der Waals surface area (Å²) >= 11 is 6.10. The van der Waals surface area contributed by atoms with Gasteiger partial charge >= 0.3 is 0 Å². The molecule has 0 amide bonds. The van der Waals surface area contributed by atoms with E-state index in [0.717, 1.165) is 17.9 Å². The van der Waals surface area contributed by atoms with Gasteiger partial charge in [0.05, 0.1) is 22.6 Å². The number of nitrogens with one attached hydrogen (secondary N) is 1. The normalized spacial score (nSPS) is 15.1. The molecule has 1 N–H and O–H groups in total. The Kier molecular flexibility index (Phi) is 2.82. The van der Waals surface area contributed by atoms with Crippen LogP contribution in [0.5, 0.6) is 0 Å². The molecule has 1 aliphatic rings. The van der Waals surface area contributed by atoms with Gasteiger partial charge in [0, 0.05) is 12.6 Å². The molecule has 0 atom stereocenters. The molecule has 1 saturated carbocycles. The quantitative estimate of drug-likeness (QED) is 0.902. The number of hydrogen-bond donors (Lipinski definition) is 1. The highest BCUT2D eigenvalue weighted by molar-refractivity contribution is 6.32. The predicted molar refractivity (Wildman–Crippen MR) is 66.2 cm³/mol.